The van der Waals surface area contributed by atoms with Crippen molar-refractivity contribution in [2.75, 3.05) is 11.9 Å². The number of nitrogens with zero attached hydrogens (tertiary/aromatic N) is 2. The lowest BCUT2D eigenvalue weighted by molar-refractivity contribution is -0.384. The quantitative estimate of drug-likeness (QED) is 0.565. The highest BCUT2D eigenvalue weighted by molar-refractivity contribution is 5.85. The average Bonchev–Trinajstić information content (AvgIpc) is 2.79. The molecule has 0 saturated carbocycles. The van der Waals surface area contributed by atoms with Gasteiger partial charge in [-0.25, -0.2) is 4.98 Å². The second-order valence-corrected chi connectivity index (χ2v) is 4.30. The largest absolute Gasteiger partial charge is 0.355 e. The van der Waals surface area contributed by atoms with E-state index in [0.29, 0.717) is 23.5 Å². The number of rotatable bonds is 5. The smallest absolute Gasteiger partial charge is 0.271 e. The van der Waals surface area contributed by atoms with Gasteiger partial charge < -0.3 is 15.6 Å². The van der Waals surface area contributed by atoms with Crippen LogP contribution in [-0.2, 0) is 4.79 Å². The SMILES string of the molecule is CCNC(=O)C(C)Nc1nc2ccc([N+](=O)[O-])cc2[nH]1. The highest BCUT2D eigenvalue weighted by Crippen LogP contribution is 2.20. The molecule has 1 aromatic carbocycles. The number of non-ortho nitro benzene ring substituents is 1. The summed E-state index contributed by atoms with van der Waals surface area (Å²) in [5.41, 5.74) is 1.13. The Kier molecular flexibility index (Phi) is 3.83. The highest BCUT2D eigenvalue weighted by Gasteiger charge is 2.14. The number of nitro benzene ring substituents is 1. The summed E-state index contributed by atoms with van der Waals surface area (Å²) in [7, 11) is 0. The van der Waals surface area contributed by atoms with Crippen LogP contribution in [0.5, 0.6) is 0 Å². The number of anilines is 1. The van der Waals surface area contributed by atoms with Crippen LogP contribution >= 0.6 is 0 Å². The molecule has 1 unspecified atom stereocenters. The molecule has 106 valence electrons. The van der Waals surface area contributed by atoms with Crippen LogP contribution in [0.4, 0.5) is 11.6 Å². The fourth-order valence-electron chi connectivity index (χ4n) is 1.78. The molecule has 1 heterocycles. The number of amides is 1. The van der Waals surface area contributed by atoms with Crippen molar-refractivity contribution in [3.8, 4) is 0 Å². The number of benzene rings is 1. The van der Waals surface area contributed by atoms with Crippen molar-refractivity contribution in [3.05, 3.63) is 28.3 Å². The lowest BCUT2D eigenvalue weighted by Crippen LogP contribution is -2.37. The van der Waals surface area contributed by atoms with E-state index in [1.54, 1.807) is 13.0 Å². The summed E-state index contributed by atoms with van der Waals surface area (Å²) in [6, 6.07) is 3.90. The topological polar surface area (TPSA) is 113 Å². The minimum absolute atomic E-state index is 0.00975. The van der Waals surface area contributed by atoms with Crippen LogP contribution < -0.4 is 10.6 Å². The van der Waals surface area contributed by atoms with E-state index in [-0.39, 0.29) is 11.6 Å². The van der Waals surface area contributed by atoms with Crippen LogP contribution in [0.1, 0.15) is 13.8 Å². The van der Waals surface area contributed by atoms with Crippen molar-refractivity contribution in [3.63, 3.8) is 0 Å². The lowest BCUT2D eigenvalue weighted by atomic mass is 10.3. The van der Waals surface area contributed by atoms with Gasteiger partial charge in [0.25, 0.3) is 5.69 Å². The number of nitrogens with one attached hydrogen (secondary N) is 3. The number of carbonyl (C=O) groups excluding carboxylic acids is 1. The number of likely N-dealkylation sites (N-methyl/N-ethyl adjacent to an activating group) is 1. The summed E-state index contributed by atoms with van der Waals surface area (Å²) >= 11 is 0. The van der Waals surface area contributed by atoms with E-state index in [1.165, 1.54) is 12.1 Å². The molecule has 0 saturated heterocycles. The van der Waals surface area contributed by atoms with Crippen molar-refractivity contribution in [2.45, 2.75) is 19.9 Å². The van der Waals surface area contributed by atoms with Crippen LogP contribution in [0.15, 0.2) is 18.2 Å². The van der Waals surface area contributed by atoms with Crippen molar-refractivity contribution in [1.82, 2.24) is 15.3 Å². The van der Waals surface area contributed by atoms with Crippen molar-refractivity contribution >= 4 is 28.6 Å². The highest BCUT2D eigenvalue weighted by atomic mass is 16.6. The average molecular weight is 277 g/mol. The van der Waals surface area contributed by atoms with E-state index in [2.05, 4.69) is 20.6 Å². The molecule has 0 bridgehead atoms. The Balaban J connectivity index is 2.19. The van der Waals surface area contributed by atoms with Crippen LogP contribution in [0, 0.1) is 10.1 Å². The Labute approximate surface area is 114 Å². The standard InChI is InChI=1S/C12H15N5O3/c1-3-13-11(18)7(2)14-12-15-9-5-4-8(17(19)20)6-10(9)16-12/h4-7H,3H2,1-2H3,(H,13,18)(H2,14,15,16). The Morgan fingerprint density at radius 2 is 2.30 bits per heavy atom. The summed E-state index contributed by atoms with van der Waals surface area (Å²) in [5.74, 6) is 0.262. The maximum Gasteiger partial charge on any atom is 0.271 e. The van der Waals surface area contributed by atoms with Crippen LogP contribution in [0.25, 0.3) is 11.0 Å². The number of H-pyrrole nitrogens is 1. The Bertz CT molecular complexity index is 652. The second kappa shape index (κ2) is 5.55. The van der Waals surface area contributed by atoms with Gasteiger partial charge in [-0.2, -0.15) is 0 Å². The third kappa shape index (κ3) is 2.85. The van der Waals surface area contributed by atoms with Crippen LogP contribution in [-0.4, -0.2) is 33.4 Å². The summed E-state index contributed by atoms with van der Waals surface area (Å²) in [4.78, 5) is 29.0. The monoisotopic (exact) mass is 277 g/mol. The molecule has 0 fully saturated rings. The first-order valence-electron chi connectivity index (χ1n) is 6.19. The molecule has 3 N–H and O–H groups in total. The molecular formula is C12H15N5O3. The van der Waals surface area contributed by atoms with Gasteiger partial charge in [0.05, 0.1) is 16.0 Å². The fraction of sp³-hybridized carbons (Fsp3) is 0.333. The zero-order chi connectivity index (χ0) is 14.7. The maximum atomic E-state index is 11.6. The summed E-state index contributed by atoms with van der Waals surface area (Å²) in [6.45, 7) is 4.10. The van der Waals surface area contributed by atoms with Crippen molar-refractivity contribution in [1.29, 1.82) is 0 Å². The number of carbonyl (C=O) groups is 1. The molecule has 1 aromatic heterocycles. The molecule has 0 aliphatic heterocycles. The van der Waals surface area contributed by atoms with E-state index >= 15 is 0 Å². The number of hydrogen-bond acceptors (Lipinski definition) is 5. The van der Waals surface area contributed by atoms with Gasteiger partial charge in [0.2, 0.25) is 11.9 Å². The number of hydrogen-bond donors (Lipinski definition) is 3. The maximum absolute atomic E-state index is 11.6. The van der Waals surface area contributed by atoms with Gasteiger partial charge in [0.1, 0.15) is 6.04 Å². The van der Waals surface area contributed by atoms with E-state index in [1.807, 2.05) is 6.92 Å². The zero-order valence-corrected chi connectivity index (χ0v) is 11.1. The number of aromatic amines is 1. The van der Waals surface area contributed by atoms with E-state index in [4.69, 9.17) is 0 Å². The minimum Gasteiger partial charge on any atom is -0.355 e. The first-order chi connectivity index (χ1) is 9.51. The summed E-state index contributed by atoms with van der Waals surface area (Å²) in [6.07, 6.45) is 0. The number of nitro groups is 1. The van der Waals surface area contributed by atoms with Gasteiger partial charge in [-0.3, -0.25) is 14.9 Å². The zero-order valence-electron chi connectivity index (χ0n) is 11.1. The number of aromatic nitrogens is 2. The molecule has 0 aliphatic carbocycles. The summed E-state index contributed by atoms with van der Waals surface area (Å²) < 4.78 is 0. The van der Waals surface area contributed by atoms with Crippen molar-refractivity contribution in [2.24, 2.45) is 0 Å². The van der Waals surface area contributed by atoms with Gasteiger partial charge in [0, 0.05) is 18.7 Å². The molecule has 2 aromatic rings. The van der Waals surface area contributed by atoms with Gasteiger partial charge in [-0.15, -0.1) is 0 Å². The van der Waals surface area contributed by atoms with E-state index in [9.17, 15) is 14.9 Å². The van der Waals surface area contributed by atoms with Gasteiger partial charge in [-0.1, -0.05) is 0 Å². The Morgan fingerprint density at radius 1 is 1.55 bits per heavy atom. The fourth-order valence-corrected chi connectivity index (χ4v) is 1.78. The molecule has 1 atom stereocenters. The predicted molar refractivity (Wildman–Crippen MR) is 74.5 cm³/mol. The molecule has 8 heteroatoms. The molecule has 2 rings (SSSR count). The molecule has 20 heavy (non-hydrogen) atoms. The molecule has 1 amide bonds. The number of imidazole rings is 1. The van der Waals surface area contributed by atoms with Gasteiger partial charge in [0.15, 0.2) is 0 Å². The van der Waals surface area contributed by atoms with Gasteiger partial charge >= 0.3 is 0 Å². The third-order valence-electron chi connectivity index (χ3n) is 2.77. The molecule has 0 radical (unpaired) electrons. The molecule has 8 nitrogen and oxygen atoms in total. The van der Waals surface area contributed by atoms with Gasteiger partial charge in [-0.05, 0) is 19.9 Å². The Hall–Kier alpha value is -2.64. The minimum atomic E-state index is -0.468. The normalized spacial score (nSPS) is 12.1. The molecule has 0 spiro atoms. The first kappa shape index (κ1) is 13.8. The third-order valence-corrected chi connectivity index (χ3v) is 2.77. The molecule has 0 aliphatic rings. The van der Waals surface area contributed by atoms with E-state index < -0.39 is 11.0 Å². The molecular weight excluding hydrogens is 262 g/mol. The van der Waals surface area contributed by atoms with Crippen LogP contribution in [0.2, 0.25) is 0 Å². The van der Waals surface area contributed by atoms with E-state index in [0.717, 1.165) is 0 Å². The van der Waals surface area contributed by atoms with Crippen molar-refractivity contribution < 1.29 is 9.72 Å². The lowest BCUT2D eigenvalue weighted by Gasteiger charge is -2.11. The second-order valence-electron chi connectivity index (χ2n) is 4.30. The first-order valence-corrected chi connectivity index (χ1v) is 6.19. The summed E-state index contributed by atoms with van der Waals surface area (Å²) in [5, 5.41) is 16.3. The van der Waals surface area contributed by atoms with Crippen LogP contribution in [0.3, 0.4) is 0 Å². The Morgan fingerprint density at radius 3 is 2.95 bits per heavy atom. The number of fused-ring (bicyclic) bond motifs is 1. The predicted octanol–water partition coefficient (Wildman–Crippen LogP) is 1.41.